The lowest BCUT2D eigenvalue weighted by molar-refractivity contribution is -0.134. The Morgan fingerprint density at radius 1 is 0.900 bits per heavy atom. The molecule has 1 aliphatic rings. The lowest BCUT2D eigenvalue weighted by atomic mass is 9.91. The molecular weight excluding hydrogens is 246 g/mol. The van der Waals surface area contributed by atoms with Gasteiger partial charge in [0.2, 0.25) is 5.91 Å². The van der Waals surface area contributed by atoms with Crippen LogP contribution >= 0.6 is 0 Å². The van der Waals surface area contributed by atoms with Crippen LogP contribution in [0.4, 0.5) is 0 Å². The first kappa shape index (κ1) is 17.5. The van der Waals surface area contributed by atoms with Gasteiger partial charge in [-0.15, -0.1) is 0 Å². The number of carbonyl (C=O) groups is 1. The highest BCUT2D eigenvalue weighted by Gasteiger charge is 2.24. The first-order valence-corrected chi connectivity index (χ1v) is 8.91. The molecular formula is C18H35NO. The standard InChI is InChI=1S/C18H35NO/c1-4-5-6-7-8-9-10-11-12-18(20)19-14-16(2)13-17(3)15-19/h16-17H,4-15H2,1-3H3. The number of hydrogen-bond donors (Lipinski definition) is 0. The summed E-state index contributed by atoms with van der Waals surface area (Å²) in [6.45, 7) is 8.77. The van der Waals surface area contributed by atoms with Gasteiger partial charge >= 0.3 is 0 Å². The zero-order valence-electron chi connectivity index (χ0n) is 14.0. The van der Waals surface area contributed by atoms with Crippen molar-refractivity contribution in [1.82, 2.24) is 4.90 Å². The minimum absolute atomic E-state index is 0.398. The van der Waals surface area contributed by atoms with Crippen molar-refractivity contribution < 1.29 is 4.79 Å². The second-order valence-corrected chi connectivity index (χ2v) is 6.97. The number of carbonyl (C=O) groups excluding carboxylic acids is 1. The molecule has 1 aliphatic heterocycles. The molecule has 20 heavy (non-hydrogen) atoms. The number of amides is 1. The van der Waals surface area contributed by atoms with Gasteiger partial charge in [0.1, 0.15) is 0 Å². The SMILES string of the molecule is CCCCCCCCCCC(=O)N1CC(C)CC(C)C1. The van der Waals surface area contributed by atoms with Gasteiger partial charge in [0.25, 0.3) is 0 Å². The van der Waals surface area contributed by atoms with Crippen molar-refractivity contribution >= 4 is 5.91 Å². The summed E-state index contributed by atoms with van der Waals surface area (Å²) in [5.41, 5.74) is 0. The summed E-state index contributed by atoms with van der Waals surface area (Å²) < 4.78 is 0. The molecule has 0 radical (unpaired) electrons. The quantitative estimate of drug-likeness (QED) is 0.543. The lowest BCUT2D eigenvalue weighted by Crippen LogP contribution is -2.42. The van der Waals surface area contributed by atoms with Gasteiger partial charge in [-0.3, -0.25) is 4.79 Å². The molecule has 0 saturated carbocycles. The Balaban J connectivity index is 2.02. The lowest BCUT2D eigenvalue weighted by Gasteiger charge is -2.35. The molecule has 1 rings (SSSR count). The van der Waals surface area contributed by atoms with E-state index in [1.165, 1.54) is 51.4 Å². The highest BCUT2D eigenvalue weighted by atomic mass is 16.2. The summed E-state index contributed by atoms with van der Waals surface area (Å²) >= 11 is 0. The number of likely N-dealkylation sites (tertiary alicyclic amines) is 1. The van der Waals surface area contributed by atoms with Gasteiger partial charge < -0.3 is 4.90 Å². The van der Waals surface area contributed by atoms with E-state index < -0.39 is 0 Å². The van der Waals surface area contributed by atoms with Crippen molar-refractivity contribution in [1.29, 1.82) is 0 Å². The summed E-state index contributed by atoms with van der Waals surface area (Å²) in [7, 11) is 0. The second kappa shape index (κ2) is 10.2. The van der Waals surface area contributed by atoms with E-state index in [2.05, 4.69) is 25.7 Å². The van der Waals surface area contributed by atoms with Crippen molar-refractivity contribution in [3.05, 3.63) is 0 Å². The van der Waals surface area contributed by atoms with Crippen LogP contribution in [-0.2, 0) is 4.79 Å². The zero-order valence-corrected chi connectivity index (χ0v) is 14.0. The van der Waals surface area contributed by atoms with E-state index in [1.54, 1.807) is 0 Å². The van der Waals surface area contributed by atoms with Crippen LogP contribution in [0.15, 0.2) is 0 Å². The van der Waals surface area contributed by atoms with Crippen LogP contribution in [-0.4, -0.2) is 23.9 Å². The van der Waals surface area contributed by atoms with Crippen molar-refractivity contribution in [2.45, 2.75) is 85.0 Å². The molecule has 1 heterocycles. The fourth-order valence-electron chi connectivity index (χ4n) is 3.43. The molecule has 1 amide bonds. The van der Waals surface area contributed by atoms with Crippen molar-refractivity contribution in [3.63, 3.8) is 0 Å². The van der Waals surface area contributed by atoms with Crippen molar-refractivity contribution in [3.8, 4) is 0 Å². The van der Waals surface area contributed by atoms with Gasteiger partial charge in [-0.1, -0.05) is 65.7 Å². The number of unbranched alkanes of at least 4 members (excludes halogenated alkanes) is 7. The Morgan fingerprint density at radius 3 is 1.95 bits per heavy atom. The summed E-state index contributed by atoms with van der Waals surface area (Å²) in [5.74, 6) is 1.76. The van der Waals surface area contributed by atoms with E-state index in [1.807, 2.05) is 0 Å². The molecule has 0 N–H and O–H groups in total. The Kier molecular flexibility index (Phi) is 8.97. The molecule has 2 heteroatoms. The molecule has 1 saturated heterocycles. The number of rotatable bonds is 9. The van der Waals surface area contributed by atoms with Crippen LogP contribution in [0, 0.1) is 11.8 Å². The molecule has 0 aromatic rings. The minimum atomic E-state index is 0.398. The van der Waals surface area contributed by atoms with Gasteiger partial charge in [0, 0.05) is 19.5 Å². The van der Waals surface area contributed by atoms with Crippen LogP contribution in [0.25, 0.3) is 0 Å². The normalized spacial score (nSPS) is 23.1. The Hall–Kier alpha value is -0.530. The third-order valence-electron chi connectivity index (χ3n) is 4.47. The molecule has 2 atom stereocenters. The van der Waals surface area contributed by atoms with Crippen LogP contribution in [0.2, 0.25) is 0 Å². The molecule has 1 fully saturated rings. The number of nitrogens with zero attached hydrogens (tertiary/aromatic N) is 1. The molecule has 2 nitrogen and oxygen atoms in total. The van der Waals surface area contributed by atoms with Crippen LogP contribution in [0.1, 0.15) is 85.0 Å². The molecule has 0 aliphatic carbocycles. The van der Waals surface area contributed by atoms with Crippen LogP contribution in [0.5, 0.6) is 0 Å². The van der Waals surface area contributed by atoms with Crippen molar-refractivity contribution in [2.24, 2.45) is 11.8 Å². The maximum Gasteiger partial charge on any atom is 0.222 e. The molecule has 0 spiro atoms. The molecule has 2 unspecified atom stereocenters. The average molecular weight is 281 g/mol. The maximum atomic E-state index is 12.2. The van der Waals surface area contributed by atoms with E-state index >= 15 is 0 Å². The van der Waals surface area contributed by atoms with E-state index in [-0.39, 0.29) is 0 Å². The molecule has 0 aromatic carbocycles. The van der Waals surface area contributed by atoms with Gasteiger partial charge in [-0.25, -0.2) is 0 Å². The fraction of sp³-hybridized carbons (Fsp3) is 0.944. The molecule has 0 aromatic heterocycles. The topological polar surface area (TPSA) is 20.3 Å². The monoisotopic (exact) mass is 281 g/mol. The van der Waals surface area contributed by atoms with E-state index in [0.29, 0.717) is 17.7 Å². The van der Waals surface area contributed by atoms with Gasteiger partial charge in [-0.2, -0.15) is 0 Å². The number of hydrogen-bond acceptors (Lipinski definition) is 1. The second-order valence-electron chi connectivity index (χ2n) is 6.97. The summed E-state index contributed by atoms with van der Waals surface area (Å²) in [6, 6.07) is 0. The Labute approximate surface area is 126 Å². The van der Waals surface area contributed by atoms with E-state index in [0.717, 1.165) is 25.9 Å². The van der Waals surface area contributed by atoms with Crippen molar-refractivity contribution in [2.75, 3.05) is 13.1 Å². The summed E-state index contributed by atoms with van der Waals surface area (Å²) in [6.07, 6.45) is 12.5. The minimum Gasteiger partial charge on any atom is -0.342 e. The maximum absolute atomic E-state index is 12.2. The van der Waals surface area contributed by atoms with Gasteiger partial charge in [0.05, 0.1) is 0 Å². The first-order chi connectivity index (χ1) is 9.63. The van der Waals surface area contributed by atoms with E-state index in [4.69, 9.17) is 0 Å². The third-order valence-corrected chi connectivity index (χ3v) is 4.47. The third kappa shape index (κ3) is 7.31. The Morgan fingerprint density at radius 2 is 1.40 bits per heavy atom. The van der Waals surface area contributed by atoms with E-state index in [9.17, 15) is 4.79 Å². The predicted octanol–water partition coefficient (Wildman–Crippen LogP) is 5.02. The summed E-state index contributed by atoms with van der Waals surface area (Å²) in [4.78, 5) is 14.3. The van der Waals surface area contributed by atoms with Gasteiger partial charge in [-0.05, 0) is 24.7 Å². The number of piperidine rings is 1. The summed E-state index contributed by atoms with van der Waals surface area (Å²) in [5, 5.41) is 0. The van der Waals surface area contributed by atoms with Gasteiger partial charge in [0.15, 0.2) is 0 Å². The smallest absolute Gasteiger partial charge is 0.222 e. The van der Waals surface area contributed by atoms with Crippen LogP contribution in [0.3, 0.4) is 0 Å². The highest BCUT2D eigenvalue weighted by Crippen LogP contribution is 2.22. The predicted molar refractivity (Wildman–Crippen MR) is 86.8 cm³/mol. The molecule has 0 bridgehead atoms. The zero-order chi connectivity index (χ0) is 14.8. The van der Waals surface area contributed by atoms with Crippen LogP contribution < -0.4 is 0 Å². The Bertz CT molecular complexity index is 254. The largest absolute Gasteiger partial charge is 0.342 e. The first-order valence-electron chi connectivity index (χ1n) is 8.91. The highest BCUT2D eigenvalue weighted by molar-refractivity contribution is 5.76. The average Bonchev–Trinajstić information content (AvgIpc) is 2.40. The molecule has 118 valence electrons. The fourth-order valence-corrected chi connectivity index (χ4v) is 3.43.